The molecule has 0 saturated heterocycles. The molecule has 96 valence electrons. The summed E-state index contributed by atoms with van der Waals surface area (Å²) in [7, 11) is 0. The van der Waals surface area contributed by atoms with Gasteiger partial charge in [0.2, 0.25) is 0 Å². The van der Waals surface area contributed by atoms with Crippen LogP contribution in [0, 0.1) is 11.3 Å². The van der Waals surface area contributed by atoms with Crippen LogP contribution in [0.15, 0.2) is 65.9 Å². The summed E-state index contributed by atoms with van der Waals surface area (Å²) in [5, 5.41) is 8.99. The second kappa shape index (κ2) is 5.41. The Morgan fingerprint density at radius 2 is 1.95 bits per heavy atom. The van der Waals surface area contributed by atoms with Crippen molar-refractivity contribution in [2.24, 2.45) is 4.99 Å². The average Bonchev–Trinajstić information content (AvgIpc) is 2.70. The zero-order valence-corrected chi connectivity index (χ0v) is 10.9. The lowest BCUT2D eigenvalue weighted by molar-refractivity contribution is 0.966. The molecule has 0 atom stereocenters. The summed E-state index contributed by atoms with van der Waals surface area (Å²) in [6, 6.07) is 18.1. The first-order chi connectivity index (χ1) is 9.86. The third-order valence-corrected chi connectivity index (χ3v) is 3.21. The lowest BCUT2D eigenvalue weighted by Crippen LogP contribution is -2.16. The minimum atomic E-state index is 0.650. The minimum Gasteiger partial charge on any atom is -0.341 e. The maximum Gasteiger partial charge on any atom is 0.0991 e. The van der Waals surface area contributed by atoms with Crippen LogP contribution in [0.25, 0.3) is 0 Å². The second-order valence-corrected chi connectivity index (χ2v) is 4.58. The van der Waals surface area contributed by atoms with Gasteiger partial charge in [0, 0.05) is 36.4 Å². The Morgan fingerprint density at radius 1 is 1.10 bits per heavy atom. The number of hydrogen-bond acceptors (Lipinski definition) is 3. The van der Waals surface area contributed by atoms with Gasteiger partial charge in [0.15, 0.2) is 0 Å². The molecule has 0 radical (unpaired) electrons. The first kappa shape index (κ1) is 12.2. The van der Waals surface area contributed by atoms with Gasteiger partial charge in [-0.05, 0) is 23.8 Å². The first-order valence-corrected chi connectivity index (χ1v) is 6.41. The summed E-state index contributed by atoms with van der Waals surface area (Å²) in [6.45, 7) is 0.777. The van der Waals surface area contributed by atoms with Crippen molar-refractivity contribution in [1.82, 2.24) is 0 Å². The molecule has 0 bridgehead atoms. The van der Waals surface area contributed by atoms with Crippen LogP contribution < -0.4 is 4.90 Å². The zero-order valence-electron chi connectivity index (χ0n) is 10.9. The topological polar surface area (TPSA) is 39.4 Å². The molecule has 0 saturated carbocycles. The van der Waals surface area contributed by atoms with Crippen LogP contribution in [0.5, 0.6) is 0 Å². The Hall–Kier alpha value is -2.86. The van der Waals surface area contributed by atoms with E-state index in [0.29, 0.717) is 5.56 Å². The molecule has 0 aromatic heterocycles. The van der Waals surface area contributed by atoms with E-state index in [0.717, 1.165) is 17.8 Å². The molecule has 0 spiro atoms. The van der Waals surface area contributed by atoms with Crippen LogP contribution in [0.4, 0.5) is 5.69 Å². The third kappa shape index (κ3) is 2.45. The van der Waals surface area contributed by atoms with E-state index in [1.807, 2.05) is 42.6 Å². The van der Waals surface area contributed by atoms with Crippen molar-refractivity contribution in [3.05, 3.63) is 77.6 Å². The predicted molar refractivity (Wildman–Crippen MR) is 80.5 cm³/mol. The molecule has 1 aliphatic heterocycles. The van der Waals surface area contributed by atoms with E-state index in [1.165, 1.54) is 5.56 Å². The van der Waals surface area contributed by atoms with E-state index >= 15 is 0 Å². The highest BCUT2D eigenvalue weighted by Crippen LogP contribution is 2.24. The quantitative estimate of drug-likeness (QED) is 0.828. The molecule has 3 nitrogen and oxygen atoms in total. The van der Waals surface area contributed by atoms with Crippen molar-refractivity contribution in [3.8, 4) is 6.07 Å². The van der Waals surface area contributed by atoms with Gasteiger partial charge in [0.05, 0.1) is 11.6 Å². The fourth-order valence-electron chi connectivity index (χ4n) is 2.23. The van der Waals surface area contributed by atoms with E-state index < -0.39 is 0 Å². The number of hydrogen-bond donors (Lipinski definition) is 0. The number of nitriles is 1. The van der Waals surface area contributed by atoms with Crippen LogP contribution in [0.3, 0.4) is 0 Å². The number of benzene rings is 2. The Labute approximate surface area is 118 Å². The first-order valence-electron chi connectivity index (χ1n) is 6.41. The molecular formula is C17H13N3. The largest absolute Gasteiger partial charge is 0.341 e. The number of anilines is 1. The Morgan fingerprint density at radius 3 is 2.75 bits per heavy atom. The lowest BCUT2D eigenvalue weighted by atomic mass is 10.1. The molecule has 0 unspecified atom stereocenters. The second-order valence-electron chi connectivity index (χ2n) is 4.58. The molecule has 3 heteroatoms. The van der Waals surface area contributed by atoms with Crippen LogP contribution in [0.2, 0.25) is 0 Å². The van der Waals surface area contributed by atoms with Gasteiger partial charge in [-0.25, -0.2) is 0 Å². The van der Waals surface area contributed by atoms with Crippen LogP contribution in [-0.2, 0) is 6.54 Å². The molecule has 0 N–H and O–H groups in total. The summed E-state index contributed by atoms with van der Waals surface area (Å²) >= 11 is 0. The van der Waals surface area contributed by atoms with Gasteiger partial charge >= 0.3 is 0 Å². The predicted octanol–water partition coefficient (Wildman–Crippen LogP) is 3.47. The maximum absolute atomic E-state index is 8.99. The highest BCUT2D eigenvalue weighted by atomic mass is 15.1. The van der Waals surface area contributed by atoms with Crippen LogP contribution in [-0.4, -0.2) is 6.21 Å². The molecular weight excluding hydrogens is 246 g/mol. The van der Waals surface area contributed by atoms with Crippen LogP contribution in [0.1, 0.15) is 16.7 Å². The summed E-state index contributed by atoms with van der Waals surface area (Å²) in [5.41, 5.74) is 3.90. The number of fused-ring (bicyclic) bond motifs is 1. The van der Waals surface area contributed by atoms with Crippen molar-refractivity contribution >= 4 is 11.9 Å². The summed E-state index contributed by atoms with van der Waals surface area (Å²) in [6.07, 6.45) is 5.52. The fourth-order valence-corrected chi connectivity index (χ4v) is 2.23. The molecule has 2 aromatic carbocycles. The normalized spacial score (nSPS) is 12.7. The highest BCUT2D eigenvalue weighted by molar-refractivity contribution is 5.90. The monoisotopic (exact) mass is 259 g/mol. The smallest absolute Gasteiger partial charge is 0.0991 e. The molecule has 0 amide bonds. The Bertz CT molecular complexity index is 709. The molecule has 2 aromatic rings. The molecule has 0 fully saturated rings. The average molecular weight is 259 g/mol. The van der Waals surface area contributed by atoms with Gasteiger partial charge in [0.25, 0.3) is 0 Å². The van der Waals surface area contributed by atoms with Crippen molar-refractivity contribution in [2.75, 3.05) is 4.90 Å². The molecule has 3 rings (SSSR count). The van der Waals surface area contributed by atoms with Crippen molar-refractivity contribution in [1.29, 1.82) is 5.26 Å². The highest BCUT2D eigenvalue weighted by Gasteiger charge is 2.11. The van der Waals surface area contributed by atoms with Gasteiger partial charge in [-0.1, -0.05) is 30.3 Å². The lowest BCUT2D eigenvalue weighted by Gasteiger charge is -2.21. The van der Waals surface area contributed by atoms with E-state index in [-0.39, 0.29) is 0 Å². The van der Waals surface area contributed by atoms with Gasteiger partial charge in [-0.3, -0.25) is 4.99 Å². The van der Waals surface area contributed by atoms with E-state index in [1.54, 1.807) is 12.4 Å². The Kier molecular flexibility index (Phi) is 3.30. The van der Waals surface area contributed by atoms with Crippen LogP contribution >= 0.6 is 0 Å². The SMILES string of the molecule is N#Cc1ccc2c(c1)C=NC=CN2Cc1ccccc1. The minimum absolute atomic E-state index is 0.650. The standard InChI is InChI=1S/C17H13N3/c18-11-15-6-7-17-16(10-15)12-19-8-9-20(17)13-14-4-2-1-3-5-14/h1-10,12H,13H2. The zero-order chi connectivity index (χ0) is 13.8. The molecule has 0 aliphatic carbocycles. The van der Waals surface area contributed by atoms with Crippen molar-refractivity contribution in [3.63, 3.8) is 0 Å². The third-order valence-electron chi connectivity index (χ3n) is 3.21. The summed E-state index contributed by atoms with van der Waals surface area (Å²) < 4.78 is 0. The number of aliphatic imine (C=N–C) groups is 1. The van der Waals surface area contributed by atoms with Gasteiger partial charge < -0.3 is 4.90 Å². The molecule has 20 heavy (non-hydrogen) atoms. The van der Waals surface area contributed by atoms with E-state index in [2.05, 4.69) is 28.1 Å². The van der Waals surface area contributed by atoms with E-state index in [9.17, 15) is 0 Å². The molecule has 1 aliphatic rings. The number of rotatable bonds is 2. The summed E-state index contributed by atoms with van der Waals surface area (Å²) in [4.78, 5) is 6.36. The van der Waals surface area contributed by atoms with Crippen molar-refractivity contribution in [2.45, 2.75) is 6.54 Å². The maximum atomic E-state index is 8.99. The van der Waals surface area contributed by atoms with Gasteiger partial charge in [-0.15, -0.1) is 0 Å². The molecule has 1 heterocycles. The fraction of sp³-hybridized carbons (Fsp3) is 0.0588. The van der Waals surface area contributed by atoms with Gasteiger partial charge in [-0.2, -0.15) is 5.26 Å². The summed E-state index contributed by atoms with van der Waals surface area (Å²) in [5.74, 6) is 0. The Balaban J connectivity index is 1.97. The van der Waals surface area contributed by atoms with Gasteiger partial charge in [0.1, 0.15) is 0 Å². The van der Waals surface area contributed by atoms with Crippen molar-refractivity contribution < 1.29 is 0 Å². The number of nitrogens with zero attached hydrogens (tertiary/aromatic N) is 3. The van der Waals surface area contributed by atoms with E-state index in [4.69, 9.17) is 5.26 Å².